The van der Waals surface area contributed by atoms with Gasteiger partial charge in [0.2, 0.25) is 5.95 Å². The lowest BCUT2D eigenvalue weighted by Gasteiger charge is -2.10. The topological polar surface area (TPSA) is 106 Å². The van der Waals surface area contributed by atoms with Crippen molar-refractivity contribution < 1.29 is 13.6 Å². The van der Waals surface area contributed by atoms with Gasteiger partial charge in [-0.25, -0.2) is 9.37 Å². The van der Waals surface area contributed by atoms with Gasteiger partial charge in [0.1, 0.15) is 17.3 Å². The van der Waals surface area contributed by atoms with Crippen LogP contribution in [0.4, 0.5) is 10.2 Å². The summed E-state index contributed by atoms with van der Waals surface area (Å²) >= 11 is 0. The first-order valence-electron chi connectivity index (χ1n) is 9.27. The first kappa shape index (κ1) is 19.3. The Labute approximate surface area is 170 Å². The number of benzene rings is 1. The maximum absolute atomic E-state index is 13.2. The van der Waals surface area contributed by atoms with Crippen LogP contribution in [0.15, 0.2) is 57.9 Å². The van der Waals surface area contributed by atoms with Crippen molar-refractivity contribution in [1.82, 2.24) is 19.7 Å². The quantitative estimate of drug-likeness (QED) is 0.527. The van der Waals surface area contributed by atoms with Crippen LogP contribution in [0, 0.1) is 12.7 Å². The van der Waals surface area contributed by atoms with Crippen LogP contribution in [0.2, 0.25) is 0 Å². The third-order valence-electron chi connectivity index (χ3n) is 4.59. The van der Waals surface area contributed by atoms with E-state index in [1.54, 1.807) is 25.1 Å². The van der Waals surface area contributed by atoms with E-state index in [0.29, 0.717) is 29.1 Å². The van der Waals surface area contributed by atoms with Crippen LogP contribution in [-0.2, 0) is 6.42 Å². The molecule has 0 saturated heterocycles. The van der Waals surface area contributed by atoms with Crippen LogP contribution in [0.3, 0.4) is 0 Å². The van der Waals surface area contributed by atoms with Crippen LogP contribution in [0.25, 0.3) is 17.4 Å². The number of H-pyrrole nitrogens is 1. The normalized spacial score (nSPS) is 10.9. The maximum Gasteiger partial charge on any atom is 0.256 e. The molecule has 9 heteroatoms. The fourth-order valence-electron chi connectivity index (χ4n) is 3.08. The van der Waals surface area contributed by atoms with Gasteiger partial charge in [-0.1, -0.05) is 6.92 Å². The lowest BCUT2D eigenvalue weighted by molar-refractivity contribution is 0.102. The number of nitrogens with one attached hydrogen (secondary N) is 2. The average Bonchev–Trinajstić information content (AvgIpc) is 3.38. The van der Waals surface area contributed by atoms with Gasteiger partial charge in [-0.2, -0.15) is 9.78 Å². The molecule has 4 rings (SSSR count). The molecule has 3 heterocycles. The molecule has 30 heavy (non-hydrogen) atoms. The van der Waals surface area contributed by atoms with E-state index in [-0.39, 0.29) is 22.9 Å². The number of hydrogen-bond donors (Lipinski definition) is 2. The molecule has 2 N–H and O–H groups in total. The van der Waals surface area contributed by atoms with Gasteiger partial charge in [-0.05, 0) is 49.7 Å². The molecule has 0 aliphatic rings. The van der Waals surface area contributed by atoms with E-state index in [2.05, 4.69) is 20.4 Å². The molecule has 1 amide bonds. The Balaban J connectivity index is 1.78. The Morgan fingerprint density at radius 2 is 2.03 bits per heavy atom. The fourth-order valence-corrected chi connectivity index (χ4v) is 3.08. The molecule has 8 nitrogen and oxygen atoms in total. The highest BCUT2D eigenvalue weighted by molar-refractivity contribution is 6.04. The number of aromatic amines is 1. The van der Waals surface area contributed by atoms with Crippen LogP contribution < -0.4 is 10.9 Å². The van der Waals surface area contributed by atoms with Crippen LogP contribution in [0.5, 0.6) is 0 Å². The smallest absolute Gasteiger partial charge is 0.256 e. The number of hydrogen-bond acceptors (Lipinski definition) is 5. The molecular formula is C21H18FN5O3. The van der Waals surface area contributed by atoms with Gasteiger partial charge in [-0.3, -0.25) is 14.6 Å². The zero-order chi connectivity index (χ0) is 21.3. The summed E-state index contributed by atoms with van der Waals surface area (Å²) in [4.78, 5) is 32.2. The monoisotopic (exact) mass is 407 g/mol. The Hall–Kier alpha value is -4.01. The number of carbonyl (C=O) groups excluding carboxylic acids is 1. The molecule has 1 aromatic carbocycles. The van der Waals surface area contributed by atoms with Gasteiger partial charge < -0.3 is 9.73 Å². The molecule has 0 unspecified atom stereocenters. The molecule has 0 spiro atoms. The number of amides is 1. The first-order valence-corrected chi connectivity index (χ1v) is 9.27. The van der Waals surface area contributed by atoms with Crippen molar-refractivity contribution in [3.8, 4) is 17.4 Å². The summed E-state index contributed by atoms with van der Waals surface area (Å²) in [6, 6.07) is 10.2. The summed E-state index contributed by atoms with van der Waals surface area (Å²) in [6.45, 7) is 3.61. The molecule has 0 radical (unpaired) electrons. The lowest BCUT2D eigenvalue weighted by atomic mass is 10.2. The second kappa shape index (κ2) is 7.78. The highest BCUT2D eigenvalue weighted by Gasteiger charge is 2.18. The molecule has 0 saturated carbocycles. The van der Waals surface area contributed by atoms with Gasteiger partial charge in [0.15, 0.2) is 5.76 Å². The number of anilines is 1. The second-order valence-corrected chi connectivity index (χ2v) is 6.57. The van der Waals surface area contributed by atoms with E-state index in [1.807, 2.05) is 6.92 Å². The van der Waals surface area contributed by atoms with Gasteiger partial charge in [0.05, 0.1) is 6.26 Å². The fraction of sp³-hybridized carbons (Fsp3) is 0.143. The number of nitrogens with zero attached hydrogens (tertiary/aromatic N) is 3. The lowest BCUT2D eigenvalue weighted by Crippen LogP contribution is -2.22. The standard InChI is InChI=1S/C21H18FN5O3/c1-3-15-12(2)23-21(25-20(15)29)27-18(11-16(26-27)17-5-4-10-30-17)24-19(28)13-6-8-14(22)9-7-13/h4-11H,3H2,1-2H3,(H,24,28)(H,23,25,29). The van der Waals surface area contributed by atoms with Gasteiger partial charge in [0, 0.05) is 22.9 Å². The minimum absolute atomic E-state index is 0.155. The number of carbonyl (C=O) groups is 1. The predicted molar refractivity (Wildman–Crippen MR) is 108 cm³/mol. The summed E-state index contributed by atoms with van der Waals surface area (Å²) in [5.41, 5.74) is 1.58. The first-order chi connectivity index (χ1) is 14.5. The average molecular weight is 407 g/mol. The SMILES string of the molecule is CCc1c(C)nc(-n2nc(-c3ccco3)cc2NC(=O)c2ccc(F)cc2)[nH]c1=O. The summed E-state index contributed by atoms with van der Waals surface area (Å²) in [7, 11) is 0. The molecule has 0 aliphatic carbocycles. The summed E-state index contributed by atoms with van der Waals surface area (Å²) in [5, 5.41) is 7.17. The number of halogens is 1. The Bertz CT molecular complexity index is 1260. The summed E-state index contributed by atoms with van der Waals surface area (Å²) in [6.07, 6.45) is 2.05. The van der Waals surface area contributed by atoms with Crippen LogP contribution >= 0.6 is 0 Å². The van der Waals surface area contributed by atoms with Crippen molar-refractivity contribution in [3.63, 3.8) is 0 Å². The van der Waals surface area contributed by atoms with Gasteiger partial charge in [0.25, 0.3) is 11.5 Å². The largest absolute Gasteiger partial charge is 0.463 e. The third kappa shape index (κ3) is 3.64. The third-order valence-corrected chi connectivity index (χ3v) is 4.59. The number of furan rings is 1. The highest BCUT2D eigenvalue weighted by Crippen LogP contribution is 2.24. The number of aryl methyl sites for hydroxylation is 1. The van der Waals surface area contributed by atoms with Crippen molar-refractivity contribution in [1.29, 1.82) is 0 Å². The minimum Gasteiger partial charge on any atom is -0.463 e. The molecule has 4 aromatic rings. The molecule has 0 bridgehead atoms. The Morgan fingerprint density at radius 1 is 1.27 bits per heavy atom. The van der Waals surface area contributed by atoms with Crippen molar-refractivity contribution in [2.45, 2.75) is 20.3 Å². The van der Waals surface area contributed by atoms with Crippen molar-refractivity contribution in [2.75, 3.05) is 5.32 Å². The van der Waals surface area contributed by atoms with E-state index in [0.717, 1.165) is 0 Å². The van der Waals surface area contributed by atoms with Crippen LogP contribution in [0.1, 0.15) is 28.5 Å². The van der Waals surface area contributed by atoms with E-state index >= 15 is 0 Å². The zero-order valence-corrected chi connectivity index (χ0v) is 16.3. The van der Waals surface area contributed by atoms with Crippen molar-refractivity contribution >= 4 is 11.7 Å². The summed E-state index contributed by atoms with van der Waals surface area (Å²) < 4.78 is 19.9. The Kier molecular flexibility index (Phi) is 5.01. The van der Waals surface area contributed by atoms with E-state index in [9.17, 15) is 14.0 Å². The molecule has 3 aromatic heterocycles. The molecule has 152 valence electrons. The number of rotatable bonds is 5. The Morgan fingerprint density at radius 3 is 2.67 bits per heavy atom. The van der Waals surface area contributed by atoms with Crippen molar-refractivity contribution in [3.05, 3.63) is 81.7 Å². The molecule has 0 aliphatic heterocycles. The molecular weight excluding hydrogens is 389 g/mol. The highest BCUT2D eigenvalue weighted by atomic mass is 19.1. The second-order valence-electron chi connectivity index (χ2n) is 6.57. The van der Waals surface area contributed by atoms with Crippen LogP contribution in [-0.4, -0.2) is 25.7 Å². The molecule has 0 atom stereocenters. The zero-order valence-electron chi connectivity index (χ0n) is 16.3. The van der Waals surface area contributed by atoms with E-state index in [4.69, 9.17) is 4.42 Å². The summed E-state index contributed by atoms with van der Waals surface area (Å²) in [5.74, 6) is -0.00364. The van der Waals surface area contributed by atoms with Crippen molar-refractivity contribution in [2.24, 2.45) is 0 Å². The number of aromatic nitrogens is 4. The van der Waals surface area contributed by atoms with Gasteiger partial charge >= 0.3 is 0 Å². The molecule has 0 fully saturated rings. The van der Waals surface area contributed by atoms with E-state index in [1.165, 1.54) is 35.2 Å². The van der Waals surface area contributed by atoms with Gasteiger partial charge in [-0.15, -0.1) is 0 Å². The predicted octanol–water partition coefficient (Wildman–Crippen LogP) is 3.48. The maximum atomic E-state index is 13.2. The minimum atomic E-state index is -0.466. The van der Waals surface area contributed by atoms with E-state index < -0.39 is 11.7 Å².